The van der Waals surface area contributed by atoms with E-state index in [1.807, 2.05) is 91.0 Å². The van der Waals surface area contributed by atoms with Crippen molar-refractivity contribution in [1.82, 2.24) is 0 Å². The van der Waals surface area contributed by atoms with Gasteiger partial charge in [-0.25, -0.2) is 4.79 Å². The van der Waals surface area contributed by atoms with Crippen molar-refractivity contribution in [2.24, 2.45) is 0 Å². The lowest BCUT2D eigenvalue weighted by molar-refractivity contribution is 0.0699. The molecule has 0 heterocycles. The Morgan fingerprint density at radius 1 is 0.625 bits per heavy atom. The van der Waals surface area contributed by atoms with Gasteiger partial charge < -0.3 is 10.2 Å². The summed E-state index contributed by atoms with van der Waals surface area (Å²) in [4.78, 5) is 21.6. The van der Waals surface area contributed by atoms with Crippen molar-refractivity contribution in [3.05, 3.63) is 139 Å². The van der Waals surface area contributed by atoms with E-state index < -0.39 is 5.97 Å². The highest BCUT2D eigenvalue weighted by atomic mass is 79.9. The molecule has 0 unspecified atom stereocenters. The van der Waals surface area contributed by atoms with Crippen LogP contribution in [0.5, 0.6) is 0 Å². The van der Waals surface area contributed by atoms with Crippen molar-refractivity contribution in [3.63, 3.8) is 0 Å². The Hall–Kier alpha value is -3.36. The summed E-state index contributed by atoms with van der Waals surface area (Å²) in [6, 6.07) is 34.4. The maximum atomic E-state index is 10.9. The first-order chi connectivity index (χ1) is 19.3. The summed E-state index contributed by atoms with van der Waals surface area (Å²) in [5.74, 6) is -0.891. The van der Waals surface area contributed by atoms with Crippen LogP contribution >= 0.6 is 47.8 Å². The number of carbonyl (C=O) groups is 2. The minimum absolute atomic E-state index is 0.0962. The van der Waals surface area contributed by atoms with E-state index in [4.69, 9.17) is 10.2 Å². The van der Waals surface area contributed by atoms with E-state index >= 15 is 0 Å². The summed E-state index contributed by atoms with van der Waals surface area (Å²) in [7, 11) is 0. The molecular weight excluding hydrogens is 700 g/mol. The van der Waals surface area contributed by atoms with E-state index in [1.54, 1.807) is 12.1 Å². The predicted octanol–water partition coefficient (Wildman–Crippen LogP) is 9.81. The molecule has 6 aromatic carbocycles. The fourth-order valence-electron chi connectivity index (χ4n) is 4.28. The molecule has 4 nitrogen and oxygen atoms in total. The molecule has 0 bridgehead atoms. The Labute approximate surface area is 256 Å². The second kappa shape index (κ2) is 13.8. The molecule has 6 aromatic rings. The van der Waals surface area contributed by atoms with Crippen molar-refractivity contribution in [2.75, 3.05) is 0 Å². The van der Waals surface area contributed by atoms with Crippen LogP contribution in [0.15, 0.2) is 123 Å². The second-order valence-electron chi connectivity index (χ2n) is 8.75. The summed E-state index contributed by atoms with van der Waals surface area (Å²) >= 11 is 10.2. The van der Waals surface area contributed by atoms with Crippen molar-refractivity contribution >= 4 is 92.4 Å². The Morgan fingerprint density at radius 2 is 1.10 bits per heavy atom. The summed E-state index contributed by atoms with van der Waals surface area (Å²) in [6.45, 7) is 0.0962. The Morgan fingerprint density at radius 3 is 1.65 bits per heavy atom. The van der Waals surface area contributed by atoms with E-state index in [1.165, 1.54) is 0 Å². The molecule has 40 heavy (non-hydrogen) atoms. The van der Waals surface area contributed by atoms with E-state index in [-0.39, 0.29) is 6.61 Å². The van der Waals surface area contributed by atoms with Crippen molar-refractivity contribution < 1.29 is 19.8 Å². The number of aliphatic hydroxyl groups is 1. The smallest absolute Gasteiger partial charge is 0.336 e. The zero-order chi connectivity index (χ0) is 28.6. The van der Waals surface area contributed by atoms with Gasteiger partial charge in [0.1, 0.15) is 0 Å². The molecule has 0 fully saturated rings. The average Bonchev–Trinajstić information content (AvgIpc) is 2.96. The molecule has 0 radical (unpaired) electrons. The molecule has 200 valence electrons. The third-order valence-electron chi connectivity index (χ3n) is 6.18. The fourth-order valence-corrected chi connectivity index (χ4v) is 5.42. The zero-order valence-electron chi connectivity index (χ0n) is 21.0. The molecule has 2 N–H and O–H groups in total. The van der Waals surface area contributed by atoms with Crippen LogP contribution in [-0.2, 0) is 6.61 Å². The molecule has 0 saturated carbocycles. The van der Waals surface area contributed by atoms with Crippen molar-refractivity contribution in [2.45, 2.75) is 6.61 Å². The number of carboxylic acid groups (broad SMARTS) is 1. The van der Waals surface area contributed by atoms with Crippen LogP contribution in [0.1, 0.15) is 26.3 Å². The maximum Gasteiger partial charge on any atom is 0.336 e. The number of hydrogen-bond acceptors (Lipinski definition) is 3. The SMILES string of the molecule is O=C(O)c1cccc2cc(Br)ccc12.O=Cc1cccc2cc(Br)ccc12.OCc1cccc2cc(Br)ccc12. The number of halogens is 3. The Bertz CT molecular complexity index is 1830. The standard InChI is InChI=1S/C11H7BrO2.C11H9BrO.C11H7BrO/c12-8-4-5-9-7(6-8)2-1-3-10(9)11(13)14;2*12-10-4-5-11-8(6-10)2-1-3-9(11)7-13/h1-6H,(H,13,14);1-6,13H,7H2;1-7H. The number of carboxylic acids is 1. The van der Waals surface area contributed by atoms with E-state index in [2.05, 4.69) is 53.9 Å². The molecule has 6 rings (SSSR count). The van der Waals surface area contributed by atoms with Crippen LogP contribution in [0.3, 0.4) is 0 Å². The van der Waals surface area contributed by atoms with E-state index in [0.29, 0.717) is 5.56 Å². The minimum atomic E-state index is -0.891. The number of benzene rings is 6. The van der Waals surface area contributed by atoms with Crippen LogP contribution < -0.4 is 0 Å². The molecule has 0 atom stereocenters. The van der Waals surface area contributed by atoms with Crippen molar-refractivity contribution in [3.8, 4) is 0 Å². The number of fused-ring (bicyclic) bond motifs is 3. The summed E-state index contributed by atoms with van der Waals surface area (Å²) in [6.07, 6.45) is 0.885. The molecule has 7 heteroatoms. The molecule has 0 aliphatic carbocycles. The molecule has 0 spiro atoms. The maximum absolute atomic E-state index is 10.9. The van der Waals surface area contributed by atoms with Crippen molar-refractivity contribution in [1.29, 1.82) is 0 Å². The van der Waals surface area contributed by atoms with Gasteiger partial charge in [0.2, 0.25) is 0 Å². The normalized spacial score (nSPS) is 10.4. The second-order valence-corrected chi connectivity index (χ2v) is 11.5. The highest BCUT2D eigenvalue weighted by Gasteiger charge is 2.07. The summed E-state index contributed by atoms with van der Waals surface area (Å²) in [5, 5.41) is 24.1. The minimum Gasteiger partial charge on any atom is -0.478 e. The lowest BCUT2D eigenvalue weighted by Crippen LogP contribution is -1.96. The monoisotopic (exact) mass is 720 g/mol. The highest BCUT2D eigenvalue weighted by Crippen LogP contribution is 2.24. The topological polar surface area (TPSA) is 74.6 Å². The molecular formula is C33H23Br3O4. The number of aromatic carboxylic acids is 1. The van der Waals surface area contributed by atoms with Gasteiger partial charge >= 0.3 is 5.97 Å². The number of carbonyl (C=O) groups excluding carboxylic acids is 1. The summed E-state index contributed by atoms with van der Waals surface area (Å²) < 4.78 is 3.05. The van der Waals surface area contributed by atoms with Gasteiger partial charge in [0.15, 0.2) is 6.29 Å². The van der Waals surface area contributed by atoms with Gasteiger partial charge in [0.25, 0.3) is 0 Å². The van der Waals surface area contributed by atoms with Gasteiger partial charge in [-0.1, -0.05) is 115 Å². The number of aldehydes is 1. The van der Waals surface area contributed by atoms with Gasteiger partial charge in [0.05, 0.1) is 12.2 Å². The quantitative estimate of drug-likeness (QED) is 0.179. The molecule has 0 saturated heterocycles. The van der Waals surface area contributed by atoms with Gasteiger partial charge in [-0.05, 0) is 80.3 Å². The van der Waals surface area contributed by atoms with Gasteiger partial charge in [-0.2, -0.15) is 0 Å². The van der Waals surface area contributed by atoms with Crippen LogP contribution in [0.2, 0.25) is 0 Å². The Kier molecular flexibility index (Phi) is 10.2. The zero-order valence-corrected chi connectivity index (χ0v) is 25.8. The van der Waals surface area contributed by atoms with Gasteiger partial charge in [-0.15, -0.1) is 0 Å². The van der Waals surface area contributed by atoms with E-state index in [0.717, 1.165) is 63.1 Å². The Balaban J connectivity index is 0.000000139. The molecule has 0 aliphatic heterocycles. The lowest BCUT2D eigenvalue weighted by atomic mass is 10.1. The molecule has 0 amide bonds. The van der Waals surface area contributed by atoms with Crippen LogP contribution in [0, 0.1) is 0 Å². The molecule has 0 aliphatic rings. The number of aliphatic hydroxyl groups excluding tert-OH is 1. The van der Waals surface area contributed by atoms with E-state index in [9.17, 15) is 9.59 Å². The van der Waals surface area contributed by atoms with Crippen LogP contribution in [0.25, 0.3) is 32.3 Å². The number of rotatable bonds is 3. The van der Waals surface area contributed by atoms with Gasteiger partial charge in [0, 0.05) is 19.0 Å². The van der Waals surface area contributed by atoms with Gasteiger partial charge in [-0.3, -0.25) is 4.79 Å². The lowest BCUT2D eigenvalue weighted by Gasteiger charge is -2.03. The number of hydrogen-bond donors (Lipinski definition) is 2. The predicted molar refractivity (Wildman–Crippen MR) is 173 cm³/mol. The first kappa shape index (κ1) is 29.6. The highest BCUT2D eigenvalue weighted by molar-refractivity contribution is 9.11. The first-order valence-electron chi connectivity index (χ1n) is 12.1. The largest absolute Gasteiger partial charge is 0.478 e. The average molecular weight is 723 g/mol. The molecule has 0 aromatic heterocycles. The fraction of sp³-hybridized carbons (Fsp3) is 0.0303. The van der Waals surface area contributed by atoms with Crippen LogP contribution in [-0.4, -0.2) is 22.5 Å². The third-order valence-corrected chi connectivity index (χ3v) is 7.66. The van der Waals surface area contributed by atoms with Crippen LogP contribution in [0.4, 0.5) is 0 Å². The third kappa shape index (κ3) is 7.23. The summed E-state index contributed by atoms with van der Waals surface area (Å²) in [5.41, 5.74) is 2.06. The first-order valence-corrected chi connectivity index (χ1v) is 14.5.